The lowest BCUT2D eigenvalue weighted by atomic mass is 10.1. The van der Waals surface area contributed by atoms with Crippen LogP contribution in [0, 0.1) is 0 Å². The topological polar surface area (TPSA) is 39.6 Å². The third-order valence-corrected chi connectivity index (χ3v) is 4.40. The van der Waals surface area contributed by atoms with E-state index in [2.05, 4.69) is 20.9 Å². The minimum absolute atomic E-state index is 0.0250. The summed E-state index contributed by atoms with van der Waals surface area (Å²) in [5.74, 6) is 0. The van der Waals surface area contributed by atoms with Crippen molar-refractivity contribution >= 4 is 5.69 Å². The van der Waals surface area contributed by atoms with Gasteiger partial charge in [-0.05, 0) is 44.5 Å². The van der Waals surface area contributed by atoms with Gasteiger partial charge in [0.2, 0.25) is 0 Å². The number of hydrogen-bond acceptors (Lipinski definition) is 4. The van der Waals surface area contributed by atoms with Crippen LogP contribution in [0.1, 0.15) is 31.4 Å². The number of rotatable bonds is 3. The Balaban J connectivity index is 1.64. The summed E-state index contributed by atoms with van der Waals surface area (Å²) in [6, 6.07) is 4.78. The van der Waals surface area contributed by atoms with Crippen LogP contribution >= 0.6 is 0 Å². The average Bonchev–Trinajstić information content (AvgIpc) is 2.98. The molecule has 0 spiro atoms. The second-order valence-corrected chi connectivity index (χ2v) is 5.65. The number of piperidine rings is 1. The Hall–Kier alpha value is -1.13. The lowest BCUT2D eigenvalue weighted by Gasteiger charge is -2.32. The number of likely N-dealkylation sites (tertiary alicyclic amines) is 1. The molecule has 1 aromatic heterocycles. The number of nitrogens with zero attached hydrogens (tertiary/aromatic N) is 3. The van der Waals surface area contributed by atoms with E-state index in [1.54, 1.807) is 6.20 Å². The van der Waals surface area contributed by atoms with Gasteiger partial charge in [0.1, 0.15) is 0 Å². The van der Waals surface area contributed by atoms with Gasteiger partial charge in [0, 0.05) is 31.0 Å². The summed E-state index contributed by atoms with van der Waals surface area (Å²) in [7, 11) is 0. The van der Waals surface area contributed by atoms with Crippen LogP contribution in [0.15, 0.2) is 18.3 Å². The normalized spacial score (nSPS) is 24.9. The van der Waals surface area contributed by atoms with Gasteiger partial charge in [0.15, 0.2) is 0 Å². The summed E-state index contributed by atoms with van der Waals surface area (Å²) in [6.07, 6.45) is 7.18. The van der Waals surface area contributed by atoms with E-state index in [4.69, 9.17) is 0 Å². The maximum absolute atomic E-state index is 9.17. The van der Waals surface area contributed by atoms with Crippen LogP contribution in [0.2, 0.25) is 0 Å². The number of aliphatic hydroxyl groups excluding tert-OH is 1. The second-order valence-electron chi connectivity index (χ2n) is 5.65. The van der Waals surface area contributed by atoms with Crippen molar-refractivity contribution in [2.24, 2.45) is 0 Å². The van der Waals surface area contributed by atoms with Gasteiger partial charge in [-0.3, -0.25) is 9.88 Å². The van der Waals surface area contributed by atoms with Gasteiger partial charge in [0.25, 0.3) is 0 Å². The maximum atomic E-state index is 9.17. The first kappa shape index (κ1) is 12.9. The zero-order valence-corrected chi connectivity index (χ0v) is 11.5. The summed E-state index contributed by atoms with van der Waals surface area (Å²) >= 11 is 0. The van der Waals surface area contributed by atoms with Gasteiger partial charge in [-0.2, -0.15) is 0 Å². The van der Waals surface area contributed by atoms with Crippen molar-refractivity contribution in [3.63, 3.8) is 0 Å². The molecule has 0 radical (unpaired) electrons. The molecule has 0 aliphatic carbocycles. The summed E-state index contributed by atoms with van der Waals surface area (Å²) < 4.78 is 0. The van der Waals surface area contributed by atoms with Crippen molar-refractivity contribution in [3.05, 3.63) is 24.0 Å². The van der Waals surface area contributed by atoms with E-state index in [0.717, 1.165) is 18.8 Å². The van der Waals surface area contributed by atoms with Crippen LogP contribution in [0.5, 0.6) is 0 Å². The SMILES string of the molecule is OCc1cc(N2CCC(N3CCCCC3)C2)ccn1. The van der Waals surface area contributed by atoms with Crippen molar-refractivity contribution < 1.29 is 5.11 Å². The summed E-state index contributed by atoms with van der Waals surface area (Å²) in [5, 5.41) is 9.17. The highest BCUT2D eigenvalue weighted by molar-refractivity contribution is 5.47. The monoisotopic (exact) mass is 261 g/mol. The molecule has 1 N–H and O–H groups in total. The number of aromatic nitrogens is 1. The zero-order valence-electron chi connectivity index (χ0n) is 11.5. The largest absolute Gasteiger partial charge is 0.390 e. The number of hydrogen-bond donors (Lipinski definition) is 1. The fraction of sp³-hybridized carbons (Fsp3) is 0.667. The molecule has 2 fully saturated rings. The highest BCUT2D eigenvalue weighted by Crippen LogP contribution is 2.25. The van der Waals surface area contributed by atoms with E-state index < -0.39 is 0 Å². The van der Waals surface area contributed by atoms with Crippen molar-refractivity contribution in [2.75, 3.05) is 31.1 Å². The third-order valence-electron chi connectivity index (χ3n) is 4.40. The molecule has 3 heterocycles. The molecule has 4 nitrogen and oxygen atoms in total. The van der Waals surface area contributed by atoms with Crippen LogP contribution in [0.25, 0.3) is 0 Å². The van der Waals surface area contributed by atoms with Crippen molar-refractivity contribution in [1.82, 2.24) is 9.88 Å². The Labute approximate surface area is 115 Å². The first-order chi connectivity index (χ1) is 9.36. The molecule has 2 aliphatic rings. The van der Waals surface area contributed by atoms with Gasteiger partial charge in [-0.15, -0.1) is 0 Å². The molecule has 4 heteroatoms. The van der Waals surface area contributed by atoms with Gasteiger partial charge >= 0.3 is 0 Å². The van der Waals surface area contributed by atoms with Crippen molar-refractivity contribution in [1.29, 1.82) is 0 Å². The molecule has 0 saturated carbocycles. The molecule has 2 saturated heterocycles. The Morgan fingerprint density at radius 3 is 2.84 bits per heavy atom. The first-order valence-electron chi connectivity index (χ1n) is 7.41. The van der Waals surface area contributed by atoms with Crippen LogP contribution in [0.4, 0.5) is 5.69 Å². The summed E-state index contributed by atoms with van der Waals surface area (Å²) in [6.45, 7) is 4.82. The number of anilines is 1. The zero-order chi connectivity index (χ0) is 13.1. The second kappa shape index (κ2) is 5.88. The summed E-state index contributed by atoms with van der Waals surface area (Å²) in [4.78, 5) is 9.25. The van der Waals surface area contributed by atoms with E-state index in [0.29, 0.717) is 6.04 Å². The Morgan fingerprint density at radius 2 is 2.05 bits per heavy atom. The minimum atomic E-state index is 0.0250. The van der Waals surface area contributed by atoms with E-state index in [1.165, 1.54) is 44.5 Å². The number of pyridine rings is 1. The highest BCUT2D eigenvalue weighted by Gasteiger charge is 2.28. The fourth-order valence-corrected chi connectivity index (χ4v) is 3.31. The Bertz CT molecular complexity index is 418. The Morgan fingerprint density at radius 1 is 1.21 bits per heavy atom. The molecule has 3 rings (SSSR count). The minimum Gasteiger partial charge on any atom is -0.390 e. The van der Waals surface area contributed by atoms with E-state index in [9.17, 15) is 5.11 Å². The fourth-order valence-electron chi connectivity index (χ4n) is 3.31. The van der Waals surface area contributed by atoms with Crippen molar-refractivity contribution in [2.45, 2.75) is 38.3 Å². The standard InChI is InChI=1S/C15H23N3O/c19-12-13-10-14(4-6-16-13)18-9-5-15(11-18)17-7-2-1-3-8-17/h4,6,10,15,19H,1-3,5,7-9,11-12H2. The molecule has 2 aliphatic heterocycles. The molecule has 0 bridgehead atoms. The maximum Gasteiger partial charge on any atom is 0.0853 e. The Kier molecular flexibility index (Phi) is 3.99. The quantitative estimate of drug-likeness (QED) is 0.898. The van der Waals surface area contributed by atoms with Gasteiger partial charge < -0.3 is 10.0 Å². The van der Waals surface area contributed by atoms with Crippen LogP contribution in [0.3, 0.4) is 0 Å². The molecule has 1 atom stereocenters. The molecular weight excluding hydrogens is 238 g/mol. The molecule has 0 aromatic carbocycles. The number of aliphatic hydroxyl groups is 1. The highest BCUT2D eigenvalue weighted by atomic mass is 16.3. The smallest absolute Gasteiger partial charge is 0.0853 e. The predicted molar refractivity (Wildman–Crippen MR) is 76.2 cm³/mol. The van der Waals surface area contributed by atoms with Crippen LogP contribution < -0.4 is 4.90 Å². The van der Waals surface area contributed by atoms with Gasteiger partial charge in [0.05, 0.1) is 12.3 Å². The predicted octanol–water partition coefficient (Wildman–Crippen LogP) is 1.64. The van der Waals surface area contributed by atoms with E-state index in [1.807, 2.05) is 6.07 Å². The molecular formula is C15H23N3O. The molecule has 0 amide bonds. The first-order valence-corrected chi connectivity index (χ1v) is 7.41. The summed E-state index contributed by atoms with van der Waals surface area (Å²) in [5.41, 5.74) is 1.97. The van der Waals surface area contributed by atoms with Crippen LogP contribution in [-0.4, -0.2) is 47.2 Å². The lowest BCUT2D eigenvalue weighted by molar-refractivity contribution is 0.175. The van der Waals surface area contributed by atoms with E-state index >= 15 is 0 Å². The molecule has 1 unspecified atom stereocenters. The molecule has 1 aromatic rings. The third kappa shape index (κ3) is 2.90. The molecule has 19 heavy (non-hydrogen) atoms. The molecule has 104 valence electrons. The average molecular weight is 261 g/mol. The van der Waals surface area contributed by atoms with Crippen molar-refractivity contribution in [3.8, 4) is 0 Å². The van der Waals surface area contributed by atoms with Gasteiger partial charge in [-0.25, -0.2) is 0 Å². The lowest BCUT2D eigenvalue weighted by Crippen LogP contribution is -2.40. The van der Waals surface area contributed by atoms with Gasteiger partial charge in [-0.1, -0.05) is 6.42 Å². The van der Waals surface area contributed by atoms with Crippen LogP contribution in [-0.2, 0) is 6.61 Å². The van der Waals surface area contributed by atoms with E-state index in [-0.39, 0.29) is 6.61 Å².